The second kappa shape index (κ2) is 5.23. The molecule has 0 fully saturated rings. The fourth-order valence-corrected chi connectivity index (χ4v) is 3.27. The zero-order valence-corrected chi connectivity index (χ0v) is 13.3. The molecule has 0 aliphatic carbocycles. The van der Waals surface area contributed by atoms with Gasteiger partial charge in [-0.2, -0.15) is 0 Å². The van der Waals surface area contributed by atoms with Crippen LogP contribution in [-0.4, -0.2) is 4.98 Å². The van der Waals surface area contributed by atoms with Crippen LogP contribution in [0.5, 0.6) is 0 Å². The summed E-state index contributed by atoms with van der Waals surface area (Å²) in [5.41, 5.74) is 7.27. The minimum absolute atomic E-state index is 0.240. The fraction of sp³-hybridized carbons (Fsp3) is 0.0714. The number of thiazole rings is 1. The smallest absolute Gasteiger partial charge is 0.150 e. The molecule has 0 unspecified atom stereocenters. The monoisotopic (exact) mass is 369 g/mol. The first-order valence-electron chi connectivity index (χ1n) is 6.02. The van der Waals surface area contributed by atoms with Crippen molar-refractivity contribution in [1.29, 1.82) is 0 Å². The second-order valence-corrected chi connectivity index (χ2v) is 6.66. The maximum atomic E-state index is 13.9. The molecule has 0 spiro atoms. The number of aryl methyl sites for hydroxylation is 1. The van der Waals surface area contributed by atoms with Crippen LogP contribution in [0.4, 0.5) is 25.8 Å². The highest BCUT2D eigenvalue weighted by atomic mass is 79.9. The third-order valence-electron chi connectivity index (χ3n) is 2.93. The lowest BCUT2D eigenvalue weighted by atomic mass is 10.2. The van der Waals surface area contributed by atoms with Crippen molar-refractivity contribution >= 4 is 54.5 Å². The number of nitrogens with two attached hydrogens (primary N) is 1. The molecule has 1 aromatic heterocycles. The molecule has 0 amide bonds. The molecule has 108 valence electrons. The highest BCUT2D eigenvalue weighted by molar-refractivity contribution is 9.10. The minimum atomic E-state index is -0.698. The van der Waals surface area contributed by atoms with Crippen LogP contribution in [0, 0.1) is 18.6 Å². The van der Waals surface area contributed by atoms with Crippen LogP contribution < -0.4 is 11.1 Å². The fourth-order valence-electron chi connectivity index (χ4n) is 2.01. The van der Waals surface area contributed by atoms with Crippen LogP contribution in [0.25, 0.3) is 10.2 Å². The van der Waals surface area contributed by atoms with Gasteiger partial charge < -0.3 is 11.1 Å². The minimum Gasteiger partial charge on any atom is -0.397 e. The first-order chi connectivity index (χ1) is 9.94. The number of nitrogens with zero attached hydrogens (tertiary/aromatic N) is 1. The van der Waals surface area contributed by atoms with Crippen LogP contribution in [0.3, 0.4) is 0 Å². The lowest BCUT2D eigenvalue weighted by Gasteiger charge is -2.11. The zero-order valence-electron chi connectivity index (χ0n) is 10.9. The van der Waals surface area contributed by atoms with Crippen molar-refractivity contribution < 1.29 is 8.78 Å². The van der Waals surface area contributed by atoms with Gasteiger partial charge >= 0.3 is 0 Å². The first kappa shape index (κ1) is 14.2. The van der Waals surface area contributed by atoms with Crippen LogP contribution in [0.1, 0.15) is 5.01 Å². The molecule has 7 heteroatoms. The standard InChI is InChI=1S/C14H10BrF2N3S/c1-6-19-12-5-11(10(18)4-13(12)21-6)20-14-8(16)2-7(15)3-9(14)17/h2-5,20H,18H2,1H3. The molecular weight excluding hydrogens is 360 g/mol. The SMILES string of the molecule is Cc1nc2cc(Nc3c(F)cc(Br)cc3F)c(N)cc2s1. The zero-order chi connectivity index (χ0) is 15.1. The summed E-state index contributed by atoms with van der Waals surface area (Å²) in [7, 11) is 0. The number of hydrogen-bond donors (Lipinski definition) is 2. The summed E-state index contributed by atoms with van der Waals surface area (Å²) in [4.78, 5) is 4.34. The van der Waals surface area contributed by atoms with Gasteiger partial charge in [0.05, 0.1) is 26.6 Å². The number of anilines is 3. The van der Waals surface area contributed by atoms with Gasteiger partial charge in [0.15, 0.2) is 11.6 Å². The number of rotatable bonds is 2. The molecular formula is C14H10BrF2N3S. The van der Waals surface area contributed by atoms with Crippen molar-refractivity contribution in [3.05, 3.63) is 45.4 Å². The predicted molar refractivity (Wildman–Crippen MR) is 86.1 cm³/mol. The maximum absolute atomic E-state index is 13.9. The summed E-state index contributed by atoms with van der Waals surface area (Å²) in [5, 5.41) is 3.61. The lowest BCUT2D eigenvalue weighted by molar-refractivity contribution is 0.589. The molecule has 0 bridgehead atoms. The lowest BCUT2D eigenvalue weighted by Crippen LogP contribution is -2.01. The van der Waals surface area contributed by atoms with Crippen molar-refractivity contribution in [3.8, 4) is 0 Å². The molecule has 3 rings (SSSR count). The van der Waals surface area contributed by atoms with Gasteiger partial charge in [-0.1, -0.05) is 15.9 Å². The van der Waals surface area contributed by atoms with Gasteiger partial charge in [0, 0.05) is 4.47 Å². The molecule has 0 aliphatic heterocycles. The van der Waals surface area contributed by atoms with Gasteiger partial charge in [-0.05, 0) is 31.2 Å². The summed E-state index contributed by atoms with van der Waals surface area (Å²) in [5.74, 6) is -1.40. The van der Waals surface area contributed by atoms with Crippen LogP contribution in [0.15, 0.2) is 28.7 Å². The van der Waals surface area contributed by atoms with E-state index in [1.807, 2.05) is 6.92 Å². The Kier molecular flexibility index (Phi) is 3.54. The molecule has 0 aliphatic rings. The molecule has 3 nitrogen and oxygen atoms in total. The molecule has 0 saturated carbocycles. The highest BCUT2D eigenvalue weighted by Gasteiger charge is 2.13. The average Bonchev–Trinajstić information content (AvgIpc) is 2.72. The van der Waals surface area contributed by atoms with E-state index in [2.05, 4.69) is 26.2 Å². The molecule has 0 atom stereocenters. The van der Waals surface area contributed by atoms with E-state index in [9.17, 15) is 8.78 Å². The molecule has 21 heavy (non-hydrogen) atoms. The normalized spacial score (nSPS) is 11.0. The molecule has 0 radical (unpaired) electrons. The summed E-state index contributed by atoms with van der Waals surface area (Å²) in [6.07, 6.45) is 0. The molecule has 0 saturated heterocycles. The predicted octanol–water partition coefficient (Wildman–Crippen LogP) is 4.97. The van der Waals surface area contributed by atoms with E-state index >= 15 is 0 Å². The van der Waals surface area contributed by atoms with E-state index in [0.717, 1.165) is 15.2 Å². The Morgan fingerprint density at radius 3 is 2.52 bits per heavy atom. The molecule has 2 aromatic carbocycles. The van der Waals surface area contributed by atoms with Gasteiger partial charge in [0.1, 0.15) is 5.69 Å². The topological polar surface area (TPSA) is 50.9 Å². The van der Waals surface area contributed by atoms with Crippen molar-refractivity contribution in [1.82, 2.24) is 4.98 Å². The van der Waals surface area contributed by atoms with Gasteiger partial charge in [-0.15, -0.1) is 11.3 Å². The summed E-state index contributed by atoms with van der Waals surface area (Å²) >= 11 is 4.56. The van der Waals surface area contributed by atoms with E-state index in [0.29, 0.717) is 15.8 Å². The first-order valence-corrected chi connectivity index (χ1v) is 7.63. The van der Waals surface area contributed by atoms with E-state index in [1.54, 1.807) is 12.1 Å². The number of aromatic nitrogens is 1. The second-order valence-electron chi connectivity index (χ2n) is 4.51. The van der Waals surface area contributed by atoms with Crippen molar-refractivity contribution in [2.24, 2.45) is 0 Å². The number of nitrogen functional groups attached to an aromatic ring is 1. The maximum Gasteiger partial charge on any atom is 0.150 e. The Morgan fingerprint density at radius 2 is 1.86 bits per heavy atom. The Balaban J connectivity index is 2.07. The molecule has 3 N–H and O–H groups in total. The Bertz CT molecular complexity index is 825. The van der Waals surface area contributed by atoms with E-state index in [-0.39, 0.29) is 5.69 Å². The third-order valence-corrected chi connectivity index (χ3v) is 4.32. The van der Waals surface area contributed by atoms with E-state index < -0.39 is 11.6 Å². The third kappa shape index (κ3) is 2.71. The molecule has 3 aromatic rings. The Hall–Kier alpha value is -1.73. The summed E-state index contributed by atoms with van der Waals surface area (Å²) in [6.45, 7) is 1.89. The van der Waals surface area contributed by atoms with E-state index in [1.165, 1.54) is 23.5 Å². The number of nitrogens with one attached hydrogen (secondary N) is 1. The van der Waals surface area contributed by atoms with Crippen molar-refractivity contribution in [3.63, 3.8) is 0 Å². The van der Waals surface area contributed by atoms with Crippen LogP contribution in [-0.2, 0) is 0 Å². The number of hydrogen-bond acceptors (Lipinski definition) is 4. The van der Waals surface area contributed by atoms with Gasteiger partial charge in [-0.25, -0.2) is 13.8 Å². The van der Waals surface area contributed by atoms with Gasteiger partial charge in [0.2, 0.25) is 0 Å². The van der Waals surface area contributed by atoms with Crippen molar-refractivity contribution in [2.75, 3.05) is 11.1 Å². The van der Waals surface area contributed by atoms with E-state index in [4.69, 9.17) is 5.73 Å². The van der Waals surface area contributed by atoms with Gasteiger partial charge in [0.25, 0.3) is 0 Å². The summed E-state index contributed by atoms with van der Waals surface area (Å²) < 4.78 is 29.0. The van der Waals surface area contributed by atoms with Crippen molar-refractivity contribution in [2.45, 2.75) is 6.92 Å². The Morgan fingerprint density at radius 1 is 1.19 bits per heavy atom. The number of fused-ring (bicyclic) bond motifs is 1. The van der Waals surface area contributed by atoms with Gasteiger partial charge in [-0.3, -0.25) is 0 Å². The quantitative estimate of drug-likeness (QED) is 0.626. The van der Waals surface area contributed by atoms with Crippen LogP contribution in [0.2, 0.25) is 0 Å². The van der Waals surface area contributed by atoms with Crippen LogP contribution >= 0.6 is 27.3 Å². The average molecular weight is 370 g/mol. The number of halogens is 3. The Labute approximate surface area is 131 Å². The molecule has 1 heterocycles. The summed E-state index contributed by atoms with van der Waals surface area (Å²) in [6, 6.07) is 5.81. The number of benzene rings is 2. The highest BCUT2D eigenvalue weighted by Crippen LogP contribution is 2.33. The largest absolute Gasteiger partial charge is 0.397 e.